The minimum atomic E-state index is -0.388. The first-order valence-corrected chi connectivity index (χ1v) is 9.00. The van der Waals surface area contributed by atoms with Crippen molar-refractivity contribution in [1.82, 2.24) is 10.4 Å². The molecule has 7 nitrogen and oxygen atoms in total. The monoisotopic (exact) mass is 372 g/mol. The normalized spacial score (nSPS) is 19.8. The van der Waals surface area contributed by atoms with Crippen LogP contribution in [0.15, 0.2) is 47.6 Å². The third-order valence-corrected chi connectivity index (χ3v) is 5.31. The molecule has 0 radical (unpaired) electrons. The van der Waals surface area contributed by atoms with Crippen LogP contribution in [0.2, 0.25) is 0 Å². The third-order valence-electron chi connectivity index (χ3n) is 5.31. The Labute approximate surface area is 159 Å². The van der Waals surface area contributed by atoms with Crippen LogP contribution < -0.4 is 10.7 Å². The Morgan fingerprint density at radius 2 is 2.04 bits per heavy atom. The number of H-pyrrole nitrogens is 1. The molecule has 0 spiro atoms. The molecular formula is C21H16N4O3. The molecule has 1 aliphatic heterocycles. The molecule has 2 aliphatic rings. The van der Waals surface area contributed by atoms with Crippen LogP contribution in [0.3, 0.4) is 0 Å². The zero-order valence-electron chi connectivity index (χ0n) is 14.7. The van der Waals surface area contributed by atoms with Gasteiger partial charge in [-0.3, -0.25) is 14.4 Å². The summed E-state index contributed by atoms with van der Waals surface area (Å²) >= 11 is 0. The smallest absolute Gasteiger partial charge is 0.272 e. The van der Waals surface area contributed by atoms with Gasteiger partial charge in [-0.15, -0.1) is 0 Å². The summed E-state index contributed by atoms with van der Waals surface area (Å²) in [7, 11) is 0. The number of benzene rings is 2. The summed E-state index contributed by atoms with van der Waals surface area (Å²) in [6.45, 7) is 0. The number of anilines is 1. The fourth-order valence-corrected chi connectivity index (χ4v) is 3.86. The largest absolute Gasteiger partial charge is 0.352 e. The number of hydrogen-bond donors (Lipinski definition) is 3. The van der Waals surface area contributed by atoms with Crippen LogP contribution in [0.5, 0.6) is 0 Å². The van der Waals surface area contributed by atoms with Gasteiger partial charge in [0, 0.05) is 28.1 Å². The minimum absolute atomic E-state index is 0.0759. The van der Waals surface area contributed by atoms with E-state index in [0.717, 1.165) is 12.0 Å². The van der Waals surface area contributed by atoms with Gasteiger partial charge in [0.25, 0.3) is 5.91 Å². The predicted molar refractivity (Wildman–Crippen MR) is 105 cm³/mol. The summed E-state index contributed by atoms with van der Waals surface area (Å²) in [6.07, 6.45) is 2.94. The van der Waals surface area contributed by atoms with Gasteiger partial charge in [0.1, 0.15) is 0 Å². The Bertz CT molecular complexity index is 1160. The molecule has 0 saturated heterocycles. The standard InChI is InChI=1S/C21H16N4O3/c26-10-18-16-9-22-25-21(28)15-6-12(7-17(24-18)19(15)16)23-20(27)14-8-13(14)11-4-2-1-3-5-11/h1-7,9-10,13-14,24H,8H2,(H,23,27)(H,25,28)/t13-,14?/m0/s1. The van der Waals surface area contributed by atoms with Crippen molar-refractivity contribution >= 4 is 40.9 Å². The van der Waals surface area contributed by atoms with Crippen molar-refractivity contribution < 1.29 is 14.4 Å². The lowest BCUT2D eigenvalue weighted by molar-refractivity contribution is -0.117. The van der Waals surface area contributed by atoms with Gasteiger partial charge >= 0.3 is 0 Å². The quantitative estimate of drug-likeness (QED) is 0.614. The summed E-state index contributed by atoms with van der Waals surface area (Å²) in [4.78, 5) is 39.4. The molecule has 2 heterocycles. The van der Waals surface area contributed by atoms with Crippen molar-refractivity contribution in [3.8, 4) is 0 Å². The van der Waals surface area contributed by atoms with Gasteiger partial charge < -0.3 is 10.3 Å². The van der Waals surface area contributed by atoms with E-state index >= 15 is 0 Å². The Morgan fingerprint density at radius 3 is 2.82 bits per heavy atom. The third kappa shape index (κ3) is 2.60. The highest BCUT2D eigenvalue weighted by atomic mass is 16.2. The molecule has 3 N–H and O–H groups in total. The first-order chi connectivity index (χ1) is 13.7. The van der Waals surface area contributed by atoms with Gasteiger partial charge in [0.05, 0.1) is 17.5 Å². The van der Waals surface area contributed by atoms with Gasteiger partial charge in [-0.2, -0.15) is 5.10 Å². The molecule has 1 aliphatic carbocycles. The van der Waals surface area contributed by atoms with Crippen molar-refractivity contribution in [1.29, 1.82) is 0 Å². The SMILES string of the molecule is O=Cc1[nH]c2cc(NC(=O)C3C[C@H]3c3ccccc3)cc3c2c1C=NNC3=O. The molecule has 28 heavy (non-hydrogen) atoms. The lowest BCUT2D eigenvalue weighted by Gasteiger charge is -2.08. The molecule has 1 aromatic heterocycles. The van der Waals surface area contributed by atoms with E-state index < -0.39 is 0 Å². The maximum absolute atomic E-state index is 12.7. The summed E-state index contributed by atoms with van der Waals surface area (Å²) in [5, 5.41) is 7.39. The minimum Gasteiger partial charge on any atom is -0.352 e. The zero-order chi connectivity index (χ0) is 19.3. The van der Waals surface area contributed by atoms with Gasteiger partial charge in [0.2, 0.25) is 5.91 Å². The van der Waals surface area contributed by atoms with Crippen LogP contribution in [0.1, 0.15) is 44.3 Å². The molecule has 7 heteroatoms. The predicted octanol–water partition coefficient (Wildman–Crippen LogP) is 2.80. The molecule has 5 rings (SSSR count). The fraction of sp³-hybridized carbons (Fsp3) is 0.143. The van der Waals surface area contributed by atoms with Crippen molar-refractivity contribution in [3.63, 3.8) is 0 Å². The summed E-state index contributed by atoms with van der Waals surface area (Å²) in [6, 6.07) is 13.3. The fourth-order valence-electron chi connectivity index (χ4n) is 3.86. The Morgan fingerprint density at radius 1 is 1.21 bits per heavy atom. The number of aromatic amines is 1. The Kier molecular flexibility index (Phi) is 3.61. The van der Waals surface area contributed by atoms with Crippen LogP contribution in [-0.2, 0) is 4.79 Å². The highest BCUT2D eigenvalue weighted by Crippen LogP contribution is 2.48. The maximum Gasteiger partial charge on any atom is 0.272 e. The summed E-state index contributed by atoms with van der Waals surface area (Å²) < 4.78 is 0. The van der Waals surface area contributed by atoms with E-state index in [4.69, 9.17) is 0 Å². The van der Waals surface area contributed by atoms with Gasteiger partial charge in [0.15, 0.2) is 6.29 Å². The molecule has 138 valence electrons. The lowest BCUT2D eigenvalue weighted by Crippen LogP contribution is -2.18. The van der Waals surface area contributed by atoms with E-state index in [0.29, 0.717) is 39.7 Å². The first kappa shape index (κ1) is 16.4. The molecule has 1 unspecified atom stereocenters. The molecule has 0 bridgehead atoms. The summed E-state index contributed by atoms with van der Waals surface area (Å²) in [5.41, 5.74) is 5.95. The molecule has 2 atom stereocenters. The second kappa shape index (κ2) is 6.16. The second-order valence-electron chi connectivity index (χ2n) is 7.06. The van der Waals surface area contributed by atoms with E-state index in [9.17, 15) is 14.4 Å². The number of carbonyl (C=O) groups excluding carboxylic acids is 3. The van der Waals surface area contributed by atoms with Crippen LogP contribution in [0, 0.1) is 5.92 Å². The van der Waals surface area contributed by atoms with Crippen molar-refractivity contribution in [2.45, 2.75) is 12.3 Å². The van der Waals surface area contributed by atoms with Crippen molar-refractivity contribution in [3.05, 3.63) is 64.8 Å². The topological polar surface area (TPSA) is 103 Å². The van der Waals surface area contributed by atoms with E-state index in [1.807, 2.05) is 30.3 Å². The number of hydrogen-bond acceptors (Lipinski definition) is 4. The van der Waals surface area contributed by atoms with Crippen molar-refractivity contribution in [2.75, 3.05) is 5.32 Å². The van der Waals surface area contributed by atoms with Gasteiger partial charge in [-0.05, 0) is 30.0 Å². The molecule has 2 amide bonds. The zero-order valence-corrected chi connectivity index (χ0v) is 14.7. The average molecular weight is 372 g/mol. The van der Waals surface area contributed by atoms with E-state index in [1.54, 1.807) is 12.1 Å². The van der Waals surface area contributed by atoms with Crippen molar-refractivity contribution in [2.24, 2.45) is 11.0 Å². The number of aromatic nitrogens is 1. The number of hydrazone groups is 1. The van der Waals surface area contributed by atoms with Crippen LogP contribution in [-0.4, -0.2) is 29.3 Å². The molecule has 1 saturated carbocycles. The van der Waals surface area contributed by atoms with E-state index in [1.165, 1.54) is 6.21 Å². The molecule has 1 fully saturated rings. The average Bonchev–Trinajstić information content (AvgIpc) is 3.46. The van der Waals surface area contributed by atoms with E-state index in [-0.39, 0.29) is 23.7 Å². The lowest BCUT2D eigenvalue weighted by atomic mass is 10.0. The maximum atomic E-state index is 12.7. The molecule has 3 aromatic rings. The Balaban J connectivity index is 1.46. The van der Waals surface area contributed by atoms with Crippen LogP contribution >= 0.6 is 0 Å². The van der Waals surface area contributed by atoms with E-state index in [2.05, 4.69) is 20.8 Å². The number of aldehydes is 1. The first-order valence-electron chi connectivity index (χ1n) is 9.00. The summed E-state index contributed by atoms with van der Waals surface area (Å²) in [5.74, 6) is -0.324. The van der Waals surface area contributed by atoms with Crippen LogP contribution in [0.25, 0.3) is 10.9 Å². The van der Waals surface area contributed by atoms with Crippen LogP contribution in [0.4, 0.5) is 5.69 Å². The highest BCUT2D eigenvalue weighted by molar-refractivity contribution is 6.18. The number of amides is 2. The Hall–Kier alpha value is -3.74. The molecule has 2 aromatic carbocycles. The number of nitrogens with one attached hydrogen (secondary N) is 3. The highest BCUT2D eigenvalue weighted by Gasteiger charge is 2.43. The number of rotatable bonds is 4. The number of nitrogens with zero attached hydrogens (tertiary/aromatic N) is 1. The van der Waals surface area contributed by atoms with Gasteiger partial charge in [-0.25, -0.2) is 5.43 Å². The van der Waals surface area contributed by atoms with Gasteiger partial charge in [-0.1, -0.05) is 30.3 Å². The molecular weight excluding hydrogens is 356 g/mol. The second-order valence-corrected chi connectivity index (χ2v) is 7.06. The number of carbonyl (C=O) groups is 3.